The molecule has 2 aromatic rings. The van der Waals surface area contributed by atoms with Crippen molar-refractivity contribution < 1.29 is 14.4 Å². The lowest BCUT2D eigenvalue weighted by Crippen LogP contribution is -2.42. The molecule has 4 amide bonds. The van der Waals surface area contributed by atoms with Crippen molar-refractivity contribution >= 4 is 29.2 Å². The van der Waals surface area contributed by atoms with E-state index < -0.39 is 0 Å². The minimum absolute atomic E-state index is 0.0235. The summed E-state index contributed by atoms with van der Waals surface area (Å²) in [5, 5.41) is 11.2. The first kappa shape index (κ1) is 22.9. The summed E-state index contributed by atoms with van der Waals surface area (Å²) in [5.41, 5.74) is 1.52. The van der Waals surface area contributed by atoms with Crippen LogP contribution < -0.4 is 21.3 Å². The minimum atomic E-state index is -0.379. The summed E-state index contributed by atoms with van der Waals surface area (Å²) < 4.78 is 0. The van der Waals surface area contributed by atoms with Crippen LogP contribution in [-0.4, -0.2) is 29.4 Å². The Kier molecular flexibility index (Phi) is 7.58. The molecule has 0 aromatic heterocycles. The molecule has 0 saturated carbocycles. The van der Waals surface area contributed by atoms with E-state index in [2.05, 4.69) is 21.3 Å². The Hall–Kier alpha value is -3.35. The predicted octanol–water partition coefficient (Wildman–Crippen LogP) is 4.39. The van der Waals surface area contributed by atoms with E-state index in [1.165, 1.54) is 0 Å². The highest BCUT2D eigenvalue weighted by atomic mass is 16.2. The summed E-state index contributed by atoms with van der Waals surface area (Å²) in [6.45, 7) is 9.65. The number of anilines is 2. The molecule has 2 aromatic carbocycles. The first-order valence-corrected chi connectivity index (χ1v) is 10.0. The fourth-order valence-corrected chi connectivity index (χ4v) is 2.58. The second kappa shape index (κ2) is 9.91. The van der Waals surface area contributed by atoms with Gasteiger partial charge in [-0.1, -0.05) is 19.1 Å². The van der Waals surface area contributed by atoms with Crippen LogP contribution in [0.4, 0.5) is 16.2 Å². The maximum Gasteiger partial charge on any atom is 0.319 e. The third-order valence-electron chi connectivity index (χ3n) is 4.58. The van der Waals surface area contributed by atoms with Crippen LogP contribution in [0.2, 0.25) is 0 Å². The second-order valence-corrected chi connectivity index (χ2v) is 8.02. The average molecular weight is 411 g/mol. The van der Waals surface area contributed by atoms with Gasteiger partial charge in [0, 0.05) is 22.8 Å². The van der Waals surface area contributed by atoms with Gasteiger partial charge in [0.15, 0.2) is 0 Å². The van der Waals surface area contributed by atoms with E-state index in [1.807, 2.05) is 34.6 Å². The van der Waals surface area contributed by atoms with Crippen molar-refractivity contribution in [3.63, 3.8) is 0 Å². The number of carbonyl (C=O) groups is 3. The minimum Gasteiger partial charge on any atom is -0.347 e. The van der Waals surface area contributed by atoms with Crippen LogP contribution in [0.3, 0.4) is 0 Å². The van der Waals surface area contributed by atoms with Gasteiger partial charge in [0.2, 0.25) is 0 Å². The Balaban J connectivity index is 2.08. The van der Waals surface area contributed by atoms with Crippen molar-refractivity contribution in [1.82, 2.24) is 10.6 Å². The summed E-state index contributed by atoms with van der Waals surface area (Å²) in [4.78, 5) is 37.1. The lowest BCUT2D eigenvalue weighted by Gasteiger charge is -2.24. The summed E-state index contributed by atoms with van der Waals surface area (Å²) in [7, 11) is 0. The quantitative estimate of drug-likeness (QED) is 0.545. The van der Waals surface area contributed by atoms with Crippen molar-refractivity contribution in [3.05, 3.63) is 59.7 Å². The molecule has 0 spiro atoms. The summed E-state index contributed by atoms with van der Waals surface area (Å²) in [6.07, 6.45) is 0.815. The van der Waals surface area contributed by atoms with E-state index in [9.17, 15) is 14.4 Å². The van der Waals surface area contributed by atoms with Crippen molar-refractivity contribution in [3.8, 4) is 0 Å². The molecule has 0 saturated heterocycles. The SMILES string of the molecule is CCC(C)(C)NC(=O)c1ccc(NC(=O)c2ccccc2NC(=O)NC(C)C)cc1. The molecule has 0 radical (unpaired) electrons. The molecular weight excluding hydrogens is 380 g/mol. The van der Waals surface area contributed by atoms with Gasteiger partial charge in [0.05, 0.1) is 11.3 Å². The van der Waals surface area contributed by atoms with Crippen LogP contribution in [-0.2, 0) is 0 Å². The topological polar surface area (TPSA) is 99.3 Å². The highest BCUT2D eigenvalue weighted by Crippen LogP contribution is 2.18. The molecule has 160 valence electrons. The second-order valence-electron chi connectivity index (χ2n) is 8.02. The van der Waals surface area contributed by atoms with Crippen LogP contribution in [0.15, 0.2) is 48.5 Å². The van der Waals surface area contributed by atoms with Crippen molar-refractivity contribution in [1.29, 1.82) is 0 Å². The van der Waals surface area contributed by atoms with E-state index in [1.54, 1.807) is 48.5 Å². The number of nitrogens with one attached hydrogen (secondary N) is 4. The molecule has 0 atom stereocenters. The maximum absolute atomic E-state index is 12.7. The van der Waals surface area contributed by atoms with Crippen molar-refractivity contribution in [2.45, 2.75) is 52.6 Å². The molecular formula is C23H30N4O3. The van der Waals surface area contributed by atoms with Crippen LogP contribution in [0.5, 0.6) is 0 Å². The molecule has 0 aliphatic carbocycles. The zero-order valence-electron chi connectivity index (χ0n) is 18.1. The fourth-order valence-electron chi connectivity index (χ4n) is 2.58. The van der Waals surface area contributed by atoms with Gasteiger partial charge < -0.3 is 21.3 Å². The van der Waals surface area contributed by atoms with E-state index in [0.29, 0.717) is 22.5 Å². The number of para-hydroxylation sites is 1. The number of rotatable bonds is 7. The Morgan fingerprint density at radius 3 is 2.13 bits per heavy atom. The molecule has 7 heteroatoms. The molecule has 4 N–H and O–H groups in total. The van der Waals surface area contributed by atoms with Gasteiger partial charge in [-0.15, -0.1) is 0 Å². The Labute approximate surface area is 177 Å². The number of hydrogen-bond acceptors (Lipinski definition) is 3. The largest absolute Gasteiger partial charge is 0.347 e. The molecule has 0 aliphatic heterocycles. The Morgan fingerprint density at radius 2 is 1.53 bits per heavy atom. The summed E-state index contributed by atoms with van der Waals surface area (Å²) in [6, 6.07) is 13.0. The molecule has 2 rings (SSSR count). The van der Waals surface area contributed by atoms with Crippen molar-refractivity contribution in [2.24, 2.45) is 0 Å². The number of urea groups is 1. The molecule has 0 fully saturated rings. The van der Waals surface area contributed by atoms with Gasteiger partial charge in [-0.2, -0.15) is 0 Å². The lowest BCUT2D eigenvalue weighted by molar-refractivity contribution is 0.0910. The zero-order valence-corrected chi connectivity index (χ0v) is 18.1. The van der Waals surface area contributed by atoms with Gasteiger partial charge in [0.25, 0.3) is 11.8 Å². The smallest absolute Gasteiger partial charge is 0.319 e. The predicted molar refractivity (Wildman–Crippen MR) is 120 cm³/mol. The van der Waals surface area contributed by atoms with Gasteiger partial charge in [-0.3, -0.25) is 9.59 Å². The molecule has 0 heterocycles. The molecule has 0 aliphatic rings. The van der Waals surface area contributed by atoms with Crippen LogP contribution in [0, 0.1) is 0 Å². The Morgan fingerprint density at radius 1 is 0.900 bits per heavy atom. The monoisotopic (exact) mass is 410 g/mol. The van der Waals surface area contributed by atoms with Crippen molar-refractivity contribution in [2.75, 3.05) is 10.6 Å². The van der Waals surface area contributed by atoms with E-state index in [0.717, 1.165) is 6.42 Å². The highest BCUT2D eigenvalue weighted by molar-refractivity contribution is 6.10. The maximum atomic E-state index is 12.7. The van der Waals surface area contributed by atoms with Gasteiger partial charge in [-0.25, -0.2) is 4.79 Å². The van der Waals surface area contributed by atoms with Gasteiger partial charge in [0.1, 0.15) is 0 Å². The third-order valence-corrected chi connectivity index (χ3v) is 4.58. The number of carbonyl (C=O) groups excluding carboxylic acids is 3. The van der Waals surface area contributed by atoms with Crippen LogP contribution in [0.25, 0.3) is 0 Å². The van der Waals surface area contributed by atoms with Crippen LogP contribution in [0.1, 0.15) is 61.8 Å². The van der Waals surface area contributed by atoms with Crippen LogP contribution >= 0.6 is 0 Å². The normalized spacial score (nSPS) is 11.0. The first-order valence-electron chi connectivity index (χ1n) is 10.0. The Bertz CT molecular complexity index is 905. The third kappa shape index (κ3) is 6.62. The average Bonchev–Trinajstić information content (AvgIpc) is 2.68. The standard InChI is InChI=1S/C23H30N4O3/c1-6-23(4,5)27-20(28)16-11-13-17(14-12-16)25-21(29)18-9-7-8-10-19(18)26-22(30)24-15(2)3/h7-15H,6H2,1-5H3,(H,25,29)(H,27,28)(H2,24,26,30). The molecule has 30 heavy (non-hydrogen) atoms. The number of amides is 4. The van der Waals surface area contributed by atoms with E-state index in [4.69, 9.17) is 0 Å². The van der Waals surface area contributed by atoms with E-state index >= 15 is 0 Å². The summed E-state index contributed by atoms with van der Waals surface area (Å²) >= 11 is 0. The van der Waals surface area contributed by atoms with Gasteiger partial charge in [-0.05, 0) is 70.5 Å². The lowest BCUT2D eigenvalue weighted by atomic mass is 10.0. The van der Waals surface area contributed by atoms with Gasteiger partial charge >= 0.3 is 6.03 Å². The molecule has 0 bridgehead atoms. The number of hydrogen-bond donors (Lipinski definition) is 4. The zero-order chi connectivity index (χ0) is 22.3. The van der Waals surface area contributed by atoms with E-state index in [-0.39, 0.29) is 29.4 Å². The fraction of sp³-hybridized carbons (Fsp3) is 0.348. The summed E-state index contributed by atoms with van der Waals surface area (Å²) in [5.74, 6) is -0.523. The number of benzene rings is 2. The highest BCUT2D eigenvalue weighted by Gasteiger charge is 2.19. The first-order chi connectivity index (χ1) is 14.1. The molecule has 0 unspecified atom stereocenters. The molecule has 7 nitrogen and oxygen atoms in total.